The standard InChI is InChI=1S/C22H23FN2OS/c23-19-7-2-1-6-18(19)21(22(26)15-8-9-15)25-12-10-20(27)16(14-25)13-17-5-3-4-11-24-17/h1-7,11,13,15,20-21,27H,8-10,12,14H2. The summed E-state index contributed by atoms with van der Waals surface area (Å²) in [7, 11) is 0. The first-order valence-electron chi connectivity index (χ1n) is 9.45. The van der Waals surface area contributed by atoms with Crippen LogP contribution in [0, 0.1) is 11.7 Å². The number of rotatable bonds is 5. The van der Waals surface area contributed by atoms with Crippen LogP contribution in [-0.2, 0) is 4.79 Å². The lowest BCUT2D eigenvalue weighted by Gasteiger charge is -2.37. The number of aromatic nitrogens is 1. The van der Waals surface area contributed by atoms with Crippen LogP contribution >= 0.6 is 12.6 Å². The Bertz CT molecular complexity index is 850. The molecule has 2 unspecified atom stereocenters. The second-order valence-corrected chi connectivity index (χ2v) is 7.97. The molecule has 2 aliphatic rings. The zero-order valence-electron chi connectivity index (χ0n) is 15.1. The third-order valence-corrected chi connectivity index (χ3v) is 5.93. The maximum absolute atomic E-state index is 14.5. The van der Waals surface area contributed by atoms with Gasteiger partial charge in [-0.1, -0.05) is 24.3 Å². The highest BCUT2D eigenvalue weighted by molar-refractivity contribution is 7.81. The van der Waals surface area contributed by atoms with Crippen molar-refractivity contribution >= 4 is 24.5 Å². The highest BCUT2D eigenvalue weighted by Gasteiger charge is 2.40. The van der Waals surface area contributed by atoms with Crippen LogP contribution in [0.2, 0.25) is 0 Å². The molecule has 1 saturated carbocycles. The largest absolute Gasteiger partial charge is 0.297 e. The molecule has 27 heavy (non-hydrogen) atoms. The van der Waals surface area contributed by atoms with E-state index in [1.54, 1.807) is 18.3 Å². The predicted molar refractivity (Wildman–Crippen MR) is 108 cm³/mol. The van der Waals surface area contributed by atoms with Gasteiger partial charge in [0, 0.05) is 36.0 Å². The molecule has 0 amide bonds. The van der Waals surface area contributed by atoms with Crippen LogP contribution in [0.4, 0.5) is 4.39 Å². The summed E-state index contributed by atoms with van der Waals surface area (Å²) in [6.07, 6.45) is 6.47. The van der Waals surface area contributed by atoms with Crippen molar-refractivity contribution < 1.29 is 9.18 Å². The number of Topliss-reactive ketones (excluding diaryl/α,β-unsaturated/α-hetero) is 1. The van der Waals surface area contributed by atoms with Gasteiger partial charge in [-0.2, -0.15) is 12.6 Å². The van der Waals surface area contributed by atoms with Gasteiger partial charge in [-0.3, -0.25) is 14.7 Å². The van der Waals surface area contributed by atoms with Gasteiger partial charge < -0.3 is 0 Å². The minimum absolute atomic E-state index is 0.0755. The van der Waals surface area contributed by atoms with Crippen LogP contribution in [0.15, 0.2) is 54.2 Å². The zero-order valence-corrected chi connectivity index (χ0v) is 16.0. The van der Waals surface area contributed by atoms with Gasteiger partial charge >= 0.3 is 0 Å². The number of halogens is 1. The van der Waals surface area contributed by atoms with Crippen LogP contribution in [0.25, 0.3) is 6.08 Å². The molecule has 0 spiro atoms. The molecule has 5 heteroatoms. The van der Waals surface area contributed by atoms with Gasteiger partial charge in [-0.05, 0) is 49.1 Å². The molecule has 1 aromatic heterocycles. The Morgan fingerprint density at radius 3 is 2.67 bits per heavy atom. The SMILES string of the molecule is O=C(C1CC1)C(c1ccccc1F)N1CCC(S)C(=Cc2ccccn2)C1. The zero-order chi connectivity index (χ0) is 18.8. The van der Waals surface area contributed by atoms with Gasteiger partial charge in [0.05, 0.1) is 11.7 Å². The van der Waals surface area contributed by atoms with Gasteiger partial charge in [0.2, 0.25) is 0 Å². The smallest absolute Gasteiger partial charge is 0.157 e. The number of carbonyl (C=O) groups is 1. The number of likely N-dealkylation sites (tertiary alicyclic amines) is 1. The molecule has 140 valence electrons. The minimum Gasteiger partial charge on any atom is -0.297 e. The van der Waals surface area contributed by atoms with Crippen molar-refractivity contribution in [2.45, 2.75) is 30.6 Å². The van der Waals surface area contributed by atoms with Crippen LogP contribution in [0.3, 0.4) is 0 Å². The van der Waals surface area contributed by atoms with E-state index in [1.807, 2.05) is 30.3 Å². The van der Waals surface area contributed by atoms with Crippen molar-refractivity contribution in [3.63, 3.8) is 0 Å². The molecule has 3 nitrogen and oxygen atoms in total. The van der Waals surface area contributed by atoms with Crippen molar-refractivity contribution in [2.75, 3.05) is 13.1 Å². The van der Waals surface area contributed by atoms with Gasteiger partial charge in [0.1, 0.15) is 5.82 Å². The summed E-state index contributed by atoms with van der Waals surface area (Å²) in [5, 5.41) is 0.126. The monoisotopic (exact) mass is 382 g/mol. The first kappa shape index (κ1) is 18.4. The van der Waals surface area contributed by atoms with Crippen LogP contribution in [0.5, 0.6) is 0 Å². The number of thiol groups is 1. The summed E-state index contributed by atoms with van der Waals surface area (Å²) in [6.45, 7) is 1.33. The number of pyridine rings is 1. The molecular weight excluding hydrogens is 359 g/mol. The Morgan fingerprint density at radius 1 is 1.19 bits per heavy atom. The second-order valence-electron chi connectivity index (χ2n) is 7.35. The molecule has 2 fully saturated rings. The minimum atomic E-state index is -0.522. The third kappa shape index (κ3) is 4.14. The average molecular weight is 383 g/mol. The molecule has 1 saturated heterocycles. The molecule has 1 aromatic carbocycles. The number of hydrogen-bond donors (Lipinski definition) is 1. The van der Waals surface area contributed by atoms with Crippen LogP contribution in [0.1, 0.15) is 36.6 Å². The van der Waals surface area contributed by atoms with Gasteiger partial charge in [0.25, 0.3) is 0 Å². The molecule has 2 heterocycles. The van der Waals surface area contributed by atoms with Gasteiger partial charge in [-0.15, -0.1) is 0 Å². The van der Waals surface area contributed by atoms with Crippen molar-refractivity contribution in [3.8, 4) is 0 Å². The highest BCUT2D eigenvalue weighted by Crippen LogP contribution is 2.39. The van der Waals surface area contributed by atoms with Crippen LogP contribution in [-0.4, -0.2) is 34.0 Å². The van der Waals surface area contributed by atoms with Crippen molar-refractivity contribution in [3.05, 3.63) is 71.3 Å². The molecule has 1 aliphatic carbocycles. The van der Waals surface area contributed by atoms with E-state index in [2.05, 4.69) is 9.88 Å². The van der Waals surface area contributed by atoms with Crippen molar-refractivity contribution in [1.82, 2.24) is 9.88 Å². The van der Waals surface area contributed by atoms with E-state index in [0.717, 1.165) is 37.1 Å². The lowest BCUT2D eigenvalue weighted by molar-refractivity contribution is -0.126. The maximum Gasteiger partial charge on any atom is 0.157 e. The fraction of sp³-hybridized carbons (Fsp3) is 0.364. The predicted octanol–water partition coefficient (Wildman–Crippen LogP) is 4.33. The molecule has 0 N–H and O–H groups in total. The Labute approximate surface area is 164 Å². The Kier molecular flexibility index (Phi) is 5.41. The average Bonchev–Trinajstić information content (AvgIpc) is 3.52. The van der Waals surface area contributed by atoms with Crippen molar-refractivity contribution in [2.24, 2.45) is 5.92 Å². The second kappa shape index (κ2) is 7.95. The molecule has 1 aliphatic heterocycles. The summed E-state index contributed by atoms with van der Waals surface area (Å²) in [5.41, 5.74) is 2.49. The van der Waals surface area contributed by atoms with E-state index in [4.69, 9.17) is 12.6 Å². The Balaban J connectivity index is 1.65. The summed E-state index contributed by atoms with van der Waals surface area (Å²) in [5.74, 6) is -0.0822. The lowest BCUT2D eigenvalue weighted by atomic mass is 9.93. The molecule has 0 bridgehead atoms. The Hall–Kier alpha value is -1.98. The molecule has 0 radical (unpaired) electrons. The quantitative estimate of drug-likeness (QED) is 0.782. The van der Waals surface area contributed by atoms with Crippen molar-refractivity contribution in [1.29, 1.82) is 0 Å². The lowest BCUT2D eigenvalue weighted by Crippen LogP contribution is -2.42. The van der Waals surface area contributed by atoms with E-state index >= 15 is 0 Å². The van der Waals surface area contributed by atoms with Gasteiger partial charge in [-0.25, -0.2) is 4.39 Å². The summed E-state index contributed by atoms with van der Waals surface area (Å²) in [4.78, 5) is 19.5. The number of carbonyl (C=O) groups excluding carboxylic acids is 1. The topological polar surface area (TPSA) is 33.2 Å². The van der Waals surface area contributed by atoms with E-state index in [-0.39, 0.29) is 22.8 Å². The number of nitrogens with zero attached hydrogens (tertiary/aromatic N) is 2. The summed E-state index contributed by atoms with van der Waals surface area (Å²) < 4.78 is 14.5. The van der Waals surface area contributed by atoms with Gasteiger partial charge in [0.15, 0.2) is 5.78 Å². The van der Waals surface area contributed by atoms with E-state index in [0.29, 0.717) is 12.1 Å². The van der Waals surface area contributed by atoms with E-state index in [1.165, 1.54) is 6.07 Å². The number of piperidine rings is 1. The first-order chi connectivity index (χ1) is 13.1. The fourth-order valence-corrected chi connectivity index (χ4v) is 4.00. The Morgan fingerprint density at radius 2 is 1.96 bits per heavy atom. The third-order valence-electron chi connectivity index (χ3n) is 5.34. The molecule has 2 atom stereocenters. The molecule has 2 aromatic rings. The first-order valence-corrected chi connectivity index (χ1v) is 9.97. The maximum atomic E-state index is 14.5. The normalized spacial score (nSPS) is 23.3. The number of ketones is 1. The highest BCUT2D eigenvalue weighted by atomic mass is 32.1. The number of hydrogen-bond acceptors (Lipinski definition) is 4. The summed E-state index contributed by atoms with van der Waals surface area (Å²) >= 11 is 4.73. The number of benzene rings is 1. The van der Waals surface area contributed by atoms with E-state index in [9.17, 15) is 9.18 Å². The molecule has 4 rings (SSSR count). The fourth-order valence-electron chi connectivity index (χ4n) is 3.72. The molecular formula is C22H23FN2OS. The van der Waals surface area contributed by atoms with E-state index < -0.39 is 6.04 Å². The summed E-state index contributed by atoms with van der Waals surface area (Å²) in [6, 6.07) is 11.9. The van der Waals surface area contributed by atoms with Crippen LogP contribution < -0.4 is 0 Å².